The first-order chi connectivity index (χ1) is 7.09. The fourth-order valence-corrected chi connectivity index (χ4v) is 0.910. The van der Waals surface area contributed by atoms with E-state index in [0.717, 1.165) is 0 Å². The molecular formula is C9H18F3N3O. The normalized spacial score (nSPS) is 16.0. The maximum Gasteiger partial charge on any atom is 0.415 e. The van der Waals surface area contributed by atoms with Crippen LogP contribution in [0.25, 0.3) is 0 Å². The first-order valence-electron chi connectivity index (χ1n) is 4.87. The number of nitrogens with one attached hydrogen (secondary N) is 1. The van der Waals surface area contributed by atoms with Crippen molar-refractivity contribution in [3.05, 3.63) is 0 Å². The molecule has 0 aromatic rings. The van der Waals surface area contributed by atoms with Crippen molar-refractivity contribution in [1.29, 1.82) is 0 Å². The van der Waals surface area contributed by atoms with Crippen LogP contribution in [0, 0.1) is 0 Å². The Bertz CT molecular complexity index is 239. The Morgan fingerprint density at radius 2 is 1.88 bits per heavy atom. The molecule has 0 aliphatic heterocycles. The number of carbonyl (C=O) groups excluding carboxylic acids is 1. The van der Waals surface area contributed by atoms with Crippen molar-refractivity contribution in [2.45, 2.75) is 25.1 Å². The summed E-state index contributed by atoms with van der Waals surface area (Å²) in [6.45, 7) is 1.53. The van der Waals surface area contributed by atoms with Crippen LogP contribution in [0.2, 0.25) is 0 Å². The van der Waals surface area contributed by atoms with Gasteiger partial charge in [0.1, 0.15) is 0 Å². The zero-order valence-corrected chi connectivity index (χ0v) is 9.69. The topological polar surface area (TPSA) is 58.4 Å². The fraction of sp³-hybridized carbons (Fsp3) is 0.889. The van der Waals surface area contributed by atoms with E-state index in [4.69, 9.17) is 5.73 Å². The number of hydrogen-bond acceptors (Lipinski definition) is 3. The fourth-order valence-electron chi connectivity index (χ4n) is 0.910. The van der Waals surface area contributed by atoms with Gasteiger partial charge in [0, 0.05) is 6.54 Å². The number of amides is 1. The van der Waals surface area contributed by atoms with E-state index in [9.17, 15) is 18.0 Å². The predicted molar refractivity (Wildman–Crippen MR) is 54.8 cm³/mol. The average molecular weight is 241 g/mol. The van der Waals surface area contributed by atoms with E-state index in [2.05, 4.69) is 5.32 Å². The minimum atomic E-state index is -4.74. The van der Waals surface area contributed by atoms with E-state index in [1.54, 1.807) is 0 Å². The van der Waals surface area contributed by atoms with Gasteiger partial charge in [-0.25, -0.2) is 0 Å². The molecule has 0 saturated carbocycles. The third-order valence-electron chi connectivity index (χ3n) is 2.13. The first kappa shape index (κ1) is 15.2. The lowest BCUT2D eigenvalue weighted by Gasteiger charge is -2.26. The lowest BCUT2D eigenvalue weighted by Crippen LogP contribution is -2.61. The lowest BCUT2D eigenvalue weighted by atomic mass is 10.0. The second-order valence-corrected chi connectivity index (χ2v) is 4.11. The smallest absolute Gasteiger partial charge is 0.354 e. The number of hydrogen-bond donors (Lipinski definition) is 2. The number of nitrogens with two attached hydrogens (primary N) is 1. The molecule has 0 aromatic heterocycles. The highest BCUT2D eigenvalue weighted by molar-refractivity contribution is 5.86. The third-order valence-corrected chi connectivity index (χ3v) is 2.13. The number of rotatable bonds is 5. The summed E-state index contributed by atoms with van der Waals surface area (Å²) in [5.41, 5.74) is 2.10. The summed E-state index contributed by atoms with van der Waals surface area (Å²) in [6, 6.07) is 0. The van der Waals surface area contributed by atoms with Crippen molar-refractivity contribution in [2.75, 3.05) is 27.2 Å². The van der Waals surface area contributed by atoms with Crippen LogP contribution in [0.1, 0.15) is 13.3 Å². The SMILES string of the molecule is CN(C)CCCNC(=O)C(C)(N)C(F)(F)F. The van der Waals surface area contributed by atoms with Gasteiger partial charge in [0.2, 0.25) is 5.91 Å². The highest BCUT2D eigenvalue weighted by atomic mass is 19.4. The van der Waals surface area contributed by atoms with Gasteiger partial charge in [-0.05, 0) is 34.0 Å². The van der Waals surface area contributed by atoms with E-state index in [1.165, 1.54) is 0 Å². The minimum Gasteiger partial charge on any atom is -0.354 e. The van der Waals surface area contributed by atoms with Crippen LogP contribution >= 0.6 is 0 Å². The quantitative estimate of drug-likeness (QED) is 0.682. The largest absolute Gasteiger partial charge is 0.415 e. The molecular weight excluding hydrogens is 223 g/mol. The molecule has 0 bridgehead atoms. The number of alkyl halides is 3. The molecule has 0 spiro atoms. The molecule has 0 aliphatic carbocycles. The van der Waals surface area contributed by atoms with Crippen LogP contribution in [-0.4, -0.2) is 49.7 Å². The van der Waals surface area contributed by atoms with E-state index >= 15 is 0 Å². The summed E-state index contributed by atoms with van der Waals surface area (Å²) in [4.78, 5) is 13.1. The number of nitrogens with zero attached hydrogens (tertiary/aromatic N) is 1. The Hall–Kier alpha value is -0.820. The van der Waals surface area contributed by atoms with Crippen molar-refractivity contribution < 1.29 is 18.0 Å². The Labute approximate surface area is 93.0 Å². The van der Waals surface area contributed by atoms with E-state index in [0.29, 0.717) is 19.9 Å². The third kappa shape index (κ3) is 4.36. The molecule has 0 radical (unpaired) electrons. The Morgan fingerprint density at radius 1 is 1.38 bits per heavy atom. The first-order valence-corrected chi connectivity index (χ1v) is 4.87. The molecule has 0 aliphatic rings. The zero-order chi connectivity index (χ0) is 13.0. The standard InChI is InChI=1S/C9H18F3N3O/c1-8(13,9(10,11)12)7(16)14-5-4-6-15(2)3/h4-6,13H2,1-3H3,(H,14,16). The molecule has 0 rings (SSSR count). The molecule has 7 heteroatoms. The van der Waals surface area contributed by atoms with Gasteiger partial charge in [0.05, 0.1) is 0 Å². The van der Waals surface area contributed by atoms with Crippen LogP contribution in [0.15, 0.2) is 0 Å². The number of carbonyl (C=O) groups is 1. The maximum atomic E-state index is 12.3. The van der Waals surface area contributed by atoms with Crippen molar-refractivity contribution in [3.8, 4) is 0 Å². The zero-order valence-electron chi connectivity index (χ0n) is 9.69. The molecule has 4 nitrogen and oxygen atoms in total. The lowest BCUT2D eigenvalue weighted by molar-refractivity contribution is -0.187. The molecule has 96 valence electrons. The molecule has 1 amide bonds. The molecule has 1 unspecified atom stereocenters. The average Bonchev–Trinajstić information content (AvgIpc) is 2.09. The molecule has 0 fully saturated rings. The maximum absolute atomic E-state index is 12.3. The molecule has 0 saturated heterocycles. The Kier molecular flexibility index (Phi) is 5.21. The molecule has 0 heterocycles. The summed E-state index contributed by atoms with van der Waals surface area (Å²) >= 11 is 0. The van der Waals surface area contributed by atoms with E-state index in [1.807, 2.05) is 19.0 Å². The van der Waals surface area contributed by atoms with Gasteiger partial charge >= 0.3 is 6.18 Å². The second kappa shape index (κ2) is 5.49. The number of halogens is 3. The van der Waals surface area contributed by atoms with Crippen molar-refractivity contribution in [2.24, 2.45) is 5.73 Å². The minimum absolute atomic E-state index is 0.180. The van der Waals surface area contributed by atoms with Gasteiger partial charge < -0.3 is 16.0 Å². The monoisotopic (exact) mass is 241 g/mol. The van der Waals surface area contributed by atoms with Crippen LogP contribution in [0.3, 0.4) is 0 Å². The van der Waals surface area contributed by atoms with Gasteiger partial charge in [-0.1, -0.05) is 0 Å². The summed E-state index contributed by atoms with van der Waals surface area (Å²) in [5, 5.41) is 2.17. The van der Waals surface area contributed by atoms with Crippen LogP contribution in [-0.2, 0) is 4.79 Å². The van der Waals surface area contributed by atoms with E-state index < -0.39 is 17.6 Å². The predicted octanol–water partition coefficient (Wildman–Crippen LogP) is 0.334. The van der Waals surface area contributed by atoms with Crippen LogP contribution in [0.5, 0.6) is 0 Å². The summed E-state index contributed by atoms with van der Waals surface area (Å²) in [5.74, 6) is -1.20. The Morgan fingerprint density at radius 3 is 2.25 bits per heavy atom. The highest BCUT2D eigenvalue weighted by Crippen LogP contribution is 2.27. The summed E-state index contributed by atoms with van der Waals surface area (Å²) < 4.78 is 37.0. The second-order valence-electron chi connectivity index (χ2n) is 4.11. The Balaban J connectivity index is 4.07. The molecule has 1 atom stereocenters. The molecule has 0 aromatic carbocycles. The van der Waals surface area contributed by atoms with Gasteiger partial charge in [-0.2, -0.15) is 13.2 Å². The van der Waals surface area contributed by atoms with Crippen molar-refractivity contribution in [1.82, 2.24) is 10.2 Å². The highest BCUT2D eigenvalue weighted by Gasteiger charge is 2.53. The van der Waals surface area contributed by atoms with Crippen LogP contribution < -0.4 is 11.1 Å². The van der Waals surface area contributed by atoms with Gasteiger partial charge in [-0.3, -0.25) is 4.79 Å². The van der Waals surface area contributed by atoms with Gasteiger partial charge in [0.25, 0.3) is 0 Å². The molecule has 16 heavy (non-hydrogen) atoms. The summed E-state index contributed by atoms with van der Waals surface area (Å²) in [6.07, 6.45) is -4.16. The summed E-state index contributed by atoms with van der Waals surface area (Å²) in [7, 11) is 3.68. The van der Waals surface area contributed by atoms with Crippen molar-refractivity contribution in [3.63, 3.8) is 0 Å². The van der Waals surface area contributed by atoms with E-state index in [-0.39, 0.29) is 6.54 Å². The van der Waals surface area contributed by atoms with Crippen molar-refractivity contribution >= 4 is 5.91 Å². The van der Waals surface area contributed by atoms with Gasteiger partial charge in [0.15, 0.2) is 5.54 Å². The molecule has 3 N–H and O–H groups in total. The van der Waals surface area contributed by atoms with Gasteiger partial charge in [-0.15, -0.1) is 0 Å². The van der Waals surface area contributed by atoms with Crippen LogP contribution in [0.4, 0.5) is 13.2 Å².